The number of hydrogen-bond acceptors (Lipinski definition) is 2. The smallest absolute Gasteiger partial charge is 0.399 e. The van der Waals surface area contributed by atoms with Crippen LogP contribution in [0.4, 0.5) is 0 Å². The van der Waals surface area contributed by atoms with Gasteiger partial charge in [0.15, 0.2) is 0 Å². The lowest BCUT2D eigenvalue weighted by Gasteiger charge is -2.32. The number of aromatic nitrogens is 1. The molecule has 0 atom stereocenters. The summed E-state index contributed by atoms with van der Waals surface area (Å²) in [6, 6.07) is 36.8. The third-order valence-corrected chi connectivity index (χ3v) is 8.46. The minimum Gasteiger partial charge on any atom is -0.399 e. The van der Waals surface area contributed by atoms with Crippen LogP contribution in [0.5, 0.6) is 0 Å². The van der Waals surface area contributed by atoms with E-state index in [9.17, 15) is 0 Å². The summed E-state index contributed by atoms with van der Waals surface area (Å²) in [5, 5.41) is 5.94. The topological polar surface area (TPSA) is 34.2 Å². The average Bonchev–Trinajstić information content (AvgIpc) is 3.44. The molecular formula is C34H30BNO2. The summed E-state index contributed by atoms with van der Waals surface area (Å²) in [6.07, 6.45) is 0. The van der Waals surface area contributed by atoms with Crippen LogP contribution in [0.25, 0.3) is 54.8 Å². The van der Waals surface area contributed by atoms with Crippen LogP contribution in [0, 0.1) is 0 Å². The molecule has 6 aromatic rings. The third kappa shape index (κ3) is 3.52. The molecule has 4 heteroatoms. The fourth-order valence-corrected chi connectivity index (χ4v) is 5.75. The van der Waals surface area contributed by atoms with Gasteiger partial charge in [-0.05, 0) is 89.6 Å². The highest BCUT2D eigenvalue weighted by atomic mass is 16.7. The molecule has 1 N–H and O–H groups in total. The Kier molecular flexibility index (Phi) is 5.10. The van der Waals surface area contributed by atoms with Crippen molar-refractivity contribution < 1.29 is 9.31 Å². The summed E-state index contributed by atoms with van der Waals surface area (Å²) in [5.41, 5.74) is 6.17. The van der Waals surface area contributed by atoms with Crippen molar-refractivity contribution >= 4 is 45.0 Å². The molecule has 1 aliphatic rings. The van der Waals surface area contributed by atoms with Crippen LogP contribution in [0.2, 0.25) is 0 Å². The summed E-state index contributed by atoms with van der Waals surface area (Å²) >= 11 is 0. The lowest BCUT2D eigenvalue weighted by atomic mass is 9.71. The number of benzene rings is 5. The zero-order chi connectivity index (χ0) is 26.1. The fraction of sp³-hybridized carbons (Fsp3) is 0.176. The first-order valence-electron chi connectivity index (χ1n) is 13.3. The van der Waals surface area contributed by atoms with Gasteiger partial charge in [0.1, 0.15) is 0 Å². The van der Waals surface area contributed by atoms with Gasteiger partial charge in [-0.1, -0.05) is 84.9 Å². The molecule has 0 aliphatic carbocycles. The van der Waals surface area contributed by atoms with Gasteiger partial charge in [0.2, 0.25) is 0 Å². The lowest BCUT2D eigenvalue weighted by Crippen LogP contribution is -2.41. The SMILES string of the molecule is CC1(C)OB(c2c3ccccc3c(-c3ccc4[nH]c(-c5ccccc5)cc4c3)c3ccccc23)OC1(C)C. The molecule has 1 aromatic heterocycles. The molecule has 0 bridgehead atoms. The zero-order valence-electron chi connectivity index (χ0n) is 22.2. The van der Waals surface area contributed by atoms with Gasteiger partial charge in [-0.3, -0.25) is 0 Å². The van der Waals surface area contributed by atoms with E-state index in [0.29, 0.717) is 0 Å². The summed E-state index contributed by atoms with van der Waals surface area (Å²) in [7, 11) is -0.440. The first-order chi connectivity index (χ1) is 18.3. The second kappa shape index (κ2) is 8.32. The lowest BCUT2D eigenvalue weighted by molar-refractivity contribution is 0.00578. The van der Waals surface area contributed by atoms with E-state index >= 15 is 0 Å². The van der Waals surface area contributed by atoms with Crippen molar-refractivity contribution in [3.63, 3.8) is 0 Å². The molecule has 38 heavy (non-hydrogen) atoms. The monoisotopic (exact) mass is 495 g/mol. The molecule has 0 spiro atoms. The largest absolute Gasteiger partial charge is 0.496 e. The first kappa shape index (κ1) is 23.3. The molecular weight excluding hydrogens is 465 g/mol. The average molecular weight is 495 g/mol. The van der Waals surface area contributed by atoms with Crippen LogP contribution in [-0.2, 0) is 9.31 Å². The van der Waals surface area contributed by atoms with E-state index in [1.807, 2.05) is 6.07 Å². The van der Waals surface area contributed by atoms with E-state index in [4.69, 9.17) is 9.31 Å². The van der Waals surface area contributed by atoms with Crippen molar-refractivity contribution in [1.29, 1.82) is 0 Å². The standard InChI is InChI=1S/C34H30BNO2/c1-33(2)34(3,4)38-35(37-33)32-27-16-10-8-14-25(27)31(26-15-9-11-17-28(26)32)23-18-19-29-24(20-23)21-30(36-29)22-12-6-5-7-13-22/h5-21,36H,1-4H3. The molecule has 0 amide bonds. The van der Waals surface area contributed by atoms with E-state index in [-0.39, 0.29) is 0 Å². The highest BCUT2D eigenvalue weighted by Gasteiger charge is 2.52. The number of hydrogen-bond donors (Lipinski definition) is 1. The molecule has 0 saturated carbocycles. The molecule has 3 nitrogen and oxygen atoms in total. The number of aromatic amines is 1. The number of rotatable bonds is 3. The number of H-pyrrole nitrogens is 1. The molecule has 7 rings (SSSR count). The Labute approximate surface area is 223 Å². The van der Waals surface area contributed by atoms with Gasteiger partial charge in [-0.15, -0.1) is 0 Å². The predicted molar refractivity (Wildman–Crippen MR) is 160 cm³/mol. The second-order valence-corrected chi connectivity index (χ2v) is 11.3. The fourth-order valence-electron chi connectivity index (χ4n) is 5.75. The van der Waals surface area contributed by atoms with Crippen molar-refractivity contribution in [2.24, 2.45) is 0 Å². The van der Waals surface area contributed by atoms with Crippen LogP contribution < -0.4 is 5.46 Å². The Hall–Kier alpha value is -3.86. The van der Waals surface area contributed by atoms with Crippen LogP contribution >= 0.6 is 0 Å². The molecule has 0 unspecified atom stereocenters. The van der Waals surface area contributed by atoms with E-state index in [2.05, 4.69) is 130 Å². The van der Waals surface area contributed by atoms with Crippen molar-refractivity contribution in [1.82, 2.24) is 4.98 Å². The Bertz CT molecular complexity index is 1760. The minimum absolute atomic E-state index is 0.408. The highest BCUT2D eigenvalue weighted by molar-refractivity contribution is 6.69. The number of fused-ring (bicyclic) bond motifs is 3. The molecule has 186 valence electrons. The molecule has 1 saturated heterocycles. The summed E-state index contributed by atoms with van der Waals surface area (Å²) < 4.78 is 13.2. The Balaban J connectivity index is 1.47. The Morgan fingerprint density at radius 1 is 0.579 bits per heavy atom. The van der Waals surface area contributed by atoms with Crippen LogP contribution in [-0.4, -0.2) is 23.3 Å². The van der Waals surface area contributed by atoms with E-state index in [1.54, 1.807) is 0 Å². The molecule has 2 heterocycles. The van der Waals surface area contributed by atoms with E-state index in [1.165, 1.54) is 43.6 Å². The Morgan fingerprint density at radius 2 is 1.13 bits per heavy atom. The second-order valence-electron chi connectivity index (χ2n) is 11.3. The maximum atomic E-state index is 6.59. The van der Waals surface area contributed by atoms with Gasteiger partial charge in [0, 0.05) is 16.6 Å². The van der Waals surface area contributed by atoms with E-state index in [0.717, 1.165) is 16.7 Å². The quantitative estimate of drug-likeness (QED) is 0.199. The molecule has 0 radical (unpaired) electrons. The van der Waals surface area contributed by atoms with Crippen molar-refractivity contribution in [2.45, 2.75) is 38.9 Å². The molecule has 5 aromatic carbocycles. The van der Waals surface area contributed by atoms with Gasteiger partial charge < -0.3 is 14.3 Å². The van der Waals surface area contributed by atoms with Gasteiger partial charge in [0.25, 0.3) is 0 Å². The van der Waals surface area contributed by atoms with Gasteiger partial charge in [0.05, 0.1) is 11.2 Å². The van der Waals surface area contributed by atoms with Gasteiger partial charge in [-0.2, -0.15) is 0 Å². The highest BCUT2D eigenvalue weighted by Crippen LogP contribution is 2.41. The maximum Gasteiger partial charge on any atom is 0.496 e. The summed E-state index contributed by atoms with van der Waals surface area (Å²) in [5.74, 6) is 0. The van der Waals surface area contributed by atoms with Gasteiger partial charge >= 0.3 is 7.12 Å². The molecule has 1 fully saturated rings. The Morgan fingerprint density at radius 3 is 1.74 bits per heavy atom. The molecule has 1 aliphatic heterocycles. The number of nitrogens with one attached hydrogen (secondary N) is 1. The summed E-state index contributed by atoms with van der Waals surface area (Å²) in [4.78, 5) is 3.59. The van der Waals surface area contributed by atoms with Gasteiger partial charge in [-0.25, -0.2) is 0 Å². The van der Waals surface area contributed by atoms with Crippen molar-refractivity contribution in [2.75, 3.05) is 0 Å². The van der Waals surface area contributed by atoms with Crippen molar-refractivity contribution in [3.05, 3.63) is 103 Å². The van der Waals surface area contributed by atoms with E-state index < -0.39 is 18.3 Å². The summed E-state index contributed by atoms with van der Waals surface area (Å²) in [6.45, 7) is 8.45. The van der Waals surface area contributed by atoms with Crippen LogP contribution in [0.1, 0.15) is 27.7 Å². The van der Waals surface area contributed by atoms with Crippen LogP contribution in [0.15, 0.2) is 103 Å². The predicted octanol–water partition coefficient (Wildman–Crippen LogP) is 8.11. The first-order valence-corrected chi connectivity index (χ1v) is 13.3. The zero-order valence-corrected chi connectivity index (χ0v) is 22.2. The van der Waals surface area contributed by atoms with Crippen LogP contribution in [0.3, 0.4) is 0 Å². The maximum absolute atomic E-state index is 6.59. The minimum atomic E-state index is -0.440. The normalized spacial score (nSPS) is 16.6. The third-order valence-electron chi connectivity index (χ3n) is 8.46. The van der Waals surface area contributed by atoms with Crippen molar-refractivity contribution in [3.8, 4) is 22.4 Å².